The fourth-order valence-electron chi connectivity index (χ4n) is 11.9. The molecule has 4 nitrogen and oxygen atoms in total. The largest absolute Gasteiger partial charge is 0.462 e. The topological polar surface area (TPSA) is 63.6 Å². The number of Topliss-reactive ketones (excluding diaryl/α,β-unsaturated/α-hetero) is 1. The van der Waals surface area contributed by atoms with Crippen LogP contribution in [0.3, 0.4) is 0 Å². The number of allylic oxidation sites excluding steroid dienone is 1. The van der Waals surface area contributed by atoms with Gasteiger partial charge in [0.25, 0.3) is 0 Å². The van der Waals surface area contributed by atoms with E-state index in [1.54, 1.807) is 6.92 Å². The number of hydrogen-bond acceptors (Lipinski definition) is 4. The number of fused-ring (bicyclic) bond motifs is 7. The van der Waals surface area contributed by atoms with Crippen LogP contribution < -0.4 is 0 Å². The van der Waals surface area contributed by atoms with Crippen LogP contribution in [0.4, 0.5) is 0 Å². The molecule has 0 spiro atoms. The molecule has 0 radical (unpaired) electrons. The molecule has 4 fully saturated rings. The quantitative estimate of drug-likeness (QED) is 0.382. The molecule has 38 heavy (non-hydrogen) atoms. The van der Waals surface area contributed by atoms with E-state index in [0.717, 1.165) is 37.7 Å². The van der Waals surface area contributed by atoms with Gasteiger partial charge in [0, 0.05) is 24.2 Å². The SMILES string of the molecule is CC[C@@H](O)[C@@]12CC[C@]3(C)[C@H](CC[C@@H]4[C@@]5(C)CC[C@H](OC(C)=O)C(C)(C)[C@@H]5CC[C@]43C)C1=C(C(C)C)C(=O)C2. The first kappa shape index (κ1) is 28.4. The first-order valence-electron chi connectivity index (χ1n) is 15.7. The molecule has 0 heterocycles. The molecule has 1 N–H and O–H groups in total. The summed E-state index contributed by atoms with van der Waals surface area (Å²) in [6.07, 6.45) is 9.61. The fraction of sp³-hybridized carbons (Fsp3) is 0.882. The first-order valence-corrected chi connectivity index (χ1v) is 15.7. The summed E-state index contributed by atoms with van der Waals surface area (Å²) in [5.41, 5.74) is 2.61. The maximum atomic E-state index is 13.6. The van der Waals surface area contributed by atoms with Crippen LogP contribution in [-0.2, 0) is 14.3 Å². The molecule has 0 aromatic rings. The van der Waals surface area contributed by atoms with Crippen molar-refractivity contribution in [3.63, 3.8) is 0 Å². The highest BCUT2D eigenvalue weighted by atomic mass is 16.5. The van der Waals surface area contributed by atoms with E-state index in [2.05, 4.69) is 55.4 Å². The predicted octanol–water partition coefficient (Wildman–Crippen LogP) is 7.67. The number of aliphatic hydroxyl groups excluding tert-OH is 1. The zero-order valence-corrected chi connectivity index (χ0v) is 25.7. The lowest BCUT2D eigenvalue weighted by Gasteiger charge is -2.72. The highest BCUT2D eigenvalue weighted by Crippen LogP contribution is 2.77. The number of esters is 1. The summed E-state index contributed by atoms with van der Waals surface area (Å²) in [5, 5.41) is 11.4. The first-order chi connectivity index (χ1) is 17.6. The van der Waals surface area contributed by atoms with Gasteiger partial charge in [-0.3, -0.25) is 9.59 Å². The van der Waals surface area contributed by atoms with E-state index in [4.69, 9.17) is 4.74 Å². The van der Waals surface area contributed by atoms with E-state index in [0.29, 0.717) is 36.4 Å². The Morgan fingerprint density at radius 1 is 0.947 bits per heavy atom. The summed E-state index contributed by atoms with van der Waals surface area (Å²) >= 11 is 0. The van der Waals surface area contributed by atoms with Crippen LogP contribution in [0, 0.1) is 50.7 Å². The van der Waals surface area contributed by atoms with Crippen molar-refractivity contribution in [1.82, 2.24) is 0 Å². The smallest absolute Gasteiger partial charge is 0.302 e. The van der Waals surface area contributed by atoms with Crippen molar-refractivity contribution in [2.75, 3.05) is 0 Å². The Labute approximate surface area is 231 Å². The molecular weight excluding hydrogens is 472 g/mol. The summed E-state index contributed by atoms with van der Waals surface area (Å²) in [6.45, 7) is 20.4. The maximum Gasteiger partial charge on any atom is 0.302 e. The van der Waals surface area contributed by atoms with Gasteiger partial charge < -0.3 is 9.84 Å². The highest BCUT2D eigenvalue weighted by molar-refractivity contribution is 6.00. The van der Waals surface area contributed by atoms with Crippen molar-refractivity contribution in [2.45, 2.75) is 139 Å². The minimum atomic E-state index is -0.432. The van der Waals surface area contributed by atoms with E-state index in [1.165, 1.54) is 24.8 Å². The third-order valence-electron chi connectivity index (χ3n) is 13.8. The summed E-state index contributed by atoms with van der Waals surface area (Å²) in [7, 11) is 0. The number of hydrogen-bond donors (Lipinski definition) is 1. The predicted molar refractivity (Wildman–Crippen MR) is 151 cm³/mol. The van der Waals surface area contributed by atoms with Crippen LogP contribution in [0.1, 0.15) is 127 Å². The van der Waals surface area contributed by atoms with Gasteiger partial charge in [-0.25, -0.2) is 0 Å². The van der Waals surface area contributed by atoms with E-state index in [9.17, 15) is 14.7 Å². The Morgan fingerprint density at radius 2 is 1.63 bits per heavy atom. The van der Waals surface area contributed by atoms with Crippen molar-refractivity contribution in [2.24, 2.45) is 50.7 Å². The van der Waals surface area contributed by atoms with E-state index in [1.807, 2.05) is 0 Å². The normalized spacial score (nSPS) is 46.7. The fourth-order valence-corrected chi connectivity index (χ4v) is 11.9. The van der Waals surface area contributed by atoms with Gasteiger partial charge >= 0.3 is 5.97 Å². The number of carbonyl (C=O) groups excluding carboxylic acids is 2. The van der Waals surface area contributed by atoms with Gasteiger partial charge in [-0.15, -0.1) is 0 Å². The number of ketones is 1. The minimum Gasteiger partial charge on any atom is -0.462 e. The van der Waals surface area contributed by atoms with Crippen LogP contribution in [0.25, 0.3) is 0 Å². The second-order valence-electron chi connectivity index (χ2n) is 15.7. The molecular formula is C34H54O4. The summed E-state index contributed by atoms with van der Waals surface area (Å²) in [4.78, 5) is 25.5. The third kappa shape index (κ3) is 3.50. The average molecular weight is 527 g/mol. The lowest BCUT2D eigenvalue weighted by atomic mass is 9.33. The third-order valence-corrected chi connectivity index (χ3v) is 13.8. The second-order valence-corrected chi connectivity index (χ2v) is 15.7. The van der Waals surface area contributed by atoms with Gasteiger partial charge in [-0.1, -0.05) is 61.0 Å². The van der Waals surface area contributed by atoms with Crippen molar-refractivity contribution in [3.8, 4) is 0 Å². The lowest BCUT2D eigenvalue weighted by Crippen LogP contribution is -2.66. The molecule has 0 aromatic heterocycles. The van der Waals surface area contributed by atoms with Gasteiger partial charge in [0.05, 0.1) is 6.10 Å². The molecule has 0 bridgehead atoms. The monoisotopic (exact) mass is 526 g/mol. The van der Waals surface area contributed by atoms with E-state index in [-0.39, 0.29) is 45.1 Å². The number of rotatable bonds is 4. The Morgan fingerprint density at radius 3 is 2.24 bits per heavy atom. The molecule has 4 heteroatoms. The Bertz CT molecular complexity index is 1040. The standard InChI is InChI=1S/C34H54O4/c1-10-26(37)34-18-17-32(8)22(29(34)28(20(2)3)23(36)19-34)11-12-25-31(7)15-14-27(38-21(4)35)30(5,6)24(31)13-16-33(25,32)9/h20,22,24-27,37H,10-19H2,1-9H3/t22-,24+,25-,26-,27+,31+,32-,33-,34+/m1/s1. The highest BCUT2D eigenvalue weighted by Gasteiger charge is 2.70. The molecule has 0 amide bonds. The van der Waals surface area contributed by atoms with E-state index >= 15 is 0 Å². The molecule has 4 saturated carbocycles. The molecule has 0 aromatic carbocycles. The average Bonchev–Trinajstić information content (AvgIpc) is 3.14. The van der Waals surface area contributed by atoms with Crippen LogP contribution in [0.15, 0.2) is 11.1 Å². The second kappa shape index (κ2) is 8.92. The summed E-state index contributed by atoms with van der Waals surface area (Å²) < 4.78 is 5.90. The van der Waals surface area contributed by atoms with Gasteiger partial charge in [0.2, 0.25) is 0 Å². The molecule has 0 saturated heterocycles. The van der Waals surface area contributed by atoms with Crippen molar-refractivity contribution in [1.29, 1.82) is 0 Å². The van der Waals surface area contributed by atoms with Gasteiger partial charge in [-0.05, 0) is 103 Å². The summed E-state index contributed by atoms with van der Waals surface area (Å²) in [5.74, 6) is 1.90. The zero-order chi connectivity index (χ0) is 28.1. The number of carbonyl (C=O) groups is 2. The van der Waals surface area contributed by atoms with Crippen LogP contribution in [0.2, 0.25) is 0 Å². The summed E-state index contributed by atoms with van der Waals surface area (Å²) in [6, 6.07) is 0. The Kier molecular flexibility index (Phi) is 6.66. The number of ether oxygens (including phenoxy) is 1. The Hall–Kier alpha value is -1.16. The number of aliphatic hydroxyl groups is 1. The van der Waals surface area contributed by atoms with Crippen LogP contribution in [0.5, 0.6) is 0 Å². The van der Waals surface area contributed by atoms with Crippen molar-refractivity contribution < 1.29 is 19.4 Å². The van der Waals surface area contributed by atoms with E-state index < -0.39 is 6.10 Å². The molecule has 214 valence electrons. The molecule has 0 aliphatic heterocycles. The van der Waals surface area contributed by atoms with Crippen LogP contribution >= 0.6 is 0 Å². The maximum absolute atomic E-state index is 13.6. The van der Waals surface area contributed by atoms with Crippen molar-refractivity contribution >= 4 is 11.8 Å². The lowest BCUT2D eigenvalue weighted by molar-refractivity contribution is -0.234. The molecule has 0 unspecified atom stereocenters. The van der Waals surface area contributed by atoms with Gasteiger partial charge in [0.15, 0.2) is 5.78 Å². The molecule has 5 aliphatic rings. The van der Waals surface area contributed by atoms with Gasteiger partial charge in [0.1, 0.15) is 6.10 Å². The van der Waals surface area contributed by atoms with Gasteiger partial charge in [-0.2, -0.15) is 0 Å². The zero-order valence-electron chi connectivity index (χ0n) is 25.7. The van der Waals surface area contributed by atoms with Crippen molar-refractivity contribution in [3.05, 3.63) is 11.1 Å². The Balaban J connectivity index is 1.57. The minimum absolute atomic E-state index is 0.00319. The molecule has 5 rings (SSSR count). The molecule has 9 atom stereocenters. The van der Waals surface area contributed by atoms with Crippen LogP contribution in [-0.4, -0.2) is 29.1 Å². The molecule has 5 aliphatic carbocycles.